The second-order valence-corrected chi connectivity index (χ2v) is 8.27. The molecule has 6 nitrogen and oxygen atoms in total. The highest BCUT2D eigenvalue weighted by atomic mass is 32.2. The summed E-state index contributed by atoms with van der Waals surface area (Å²) >= 11 is 0. The Morgan fingerprint density at radius 1 is 1.15 bits per heavy atom. The van der Waals surface area contributed by atoms with E-state index in [1.807, 2.05) is 13.8 Å². The Kier molecular flexibility index (Phi) is 6.39. The van der Waals surface area contributed by atoms with Gasteiger partial charge in [0, 0.05) is 30.8 Å². The highest BCUT2D eigenvalue weighted by molar-refractivity contribution is 7.89. The molecule has 2 aromatic carbocycles. The van der Waals surface area contributed by atoms with Crippen LogP contribution in [-0.4, -0.2) is 38.8 Å². The summed E-state index contributed by atoms with van der Waals surface area (Å²) in [5, 5.41) is 2.82. The van der Waals surface area contributed by atoms with Gasteiger partial charge in [0.05, 0.1) is 12.0 Å². The molecule has 2 aromatic rings. The van der Waals surface area contributed by atoms with E-state index in [1.165, 1.54) is 18.5 Å². The van der Waals surface area contributed by atoms with Gasteiger partial charge in [-0.1, -0.05) is 18.2 Å². The maximum absolute atomic E-state index is 12.7. The quantitative estimate of drug-likeness (QED) is 0.806. The molecule has 0 saturated carbocycles. The number of hydrogen-bond acceptors (Lipinski definition) is 4. The number of rotatable bonds is 7. The third kappa shape index (κ3) is 4.62. The standard InChI is InChI=1S/C19H24N2O4S/c1-14(2)20-19(22)15-10-11-18(25-4)16(12-15)13-21(3)26(23,24)17-8-6-5-7-9-17/h5-12,14H,13H2,1-4H3,(H,20,22). The molecule has 0 spiro atoms. The highest BCUT2D eigenvalue weighted by Crippen LogP contribution is 2.24. The lowest BCUT2D eigenvalue weighted by Gasteiger charge is -2.19. The maximum Gasteiger partial charge on any atom is 0.251 e. The van der Waals surface area contributed by atoms with Gasteiger partial charge in [0.2, 0.25) is 10.0 Å². The summed E-state index contributed by atoms with van der Waals surface area (Å²) in [6.07, 6.45) is 0. The van der Waals surface area contributed by atoms with Crippen LogP contribution in [0.2, 0.25) is 0 Å². The van der Waals surface area contributed by atoms with Gasteiger partial charge in [-0.15, -0.1) is 0 Å². The molecule has 0 aliphatic heterocycles. The minimum atomic E-state index is -3.64. The van der Waals surface area contributed by atoms with Crippen molar-refractivity contribution in [3.8, 4) is 5.75 Å². The number of sulfonamides is 1. The number of hydrogen-bond donors (Lipinski definition) is 1. The van der Waals surface area contributed by atoms with E-state index < -0.39 is 10.0 Å². The van der Waals surface area contributed by atoms with Gasteiger partial charge < -0.3 is 10.1 Å². The Labute approximate surface area is 154 Å². The molecule has 0 unspecified atom stereocenters. The van der Waals surface area contributed by atoms with Crippen molar-refractivity contribution in [3.05, 3.63) is 59.7 Å². The average Bonchev–Trinajstić information content (AvgIpc) is 2.61. The number of benzene rings is 2. The van der Waals surface area contributed by atoms with Crippen molar-refractivity contribution in [3.63, 3.8) is 0 Å². The van der Waals surface area contributed by atoms with Gasteiger partial charge in [-0.25, -0.2) is 8.42 Å². The van der Waals surface area contributed by atoms with Crippen LogP contribution < -0.4 is 10.1 Å². The molecule has 0 aliphatic rings. The van der Waals surface area contributed by atoms with Gasteiger partial charge in [-0.3, -0.25) is 4.79 Å². The maximum atomic E-state index is 12.7. The summed E-state index contributed by atoms with van der Waals surface area (Å²) < 4.78 is 32.0. The largest absolute Gasteiger partial charge is 0.496 e. The van der Waals surface area contributed by atoms with E-state index in [4.69, 9.17) is 4.74 Å². The van der Waals surface area contributed by atoms with Gasteiger partial charge in [0.1, 0.15) is 5.75 Å². The number of nitrogens with zero attached hydrogens (tertiary/aromatic N) is 1. The van der Waals surface area contributed by atoms with Crippen molar-refractivity contribution in [2.45, 2.75) is 31.3 Å². The predicted octanol–water partition coefficient (Wildman–Crippen LogP) is 2.65. The zero-order valence-corrected chi connectivity index (χ0v) is 16.2. The summed E-state index contributed by atoms with van der Waals surface area (Å²) in [6.45, 7) is 3.84. The van der Waals surface area contributed by atoms with Crippen molar-refractivity contribution >= 4 is 15.9 Å². The van der Waals surface area contributed by atoms with Crippen LogP contribution in [0.4, 0.5) is 0 Å². The Hall–Kier alpha value is -2.38. The summed E-state index contributed by atoms with van der Waals surface area (Å²) in [5.74, 6) is 0.318. The molecule has 0 saturated heterocycles. The van der Waals surface area contributed by atoms with E-state index in [9.17, 15) is 13.2 Å². The van der Waals surface area contributed by atoms with E-state index in [1.54, 1.807) is 48.5 Å². The van der Waals surface area contributed by atoms with E-state index in [-0.39, 0.29) is 23.4 Å². The molecular weight excluding hydrogens is 352 g/mol. The molecule has 140 valence electrons. The zero-order valence-electron chi connectivity index (χ0n) is 15.4. The van der Waals surface area contributed by atoms with Crippen LogP contribution in [-0.2, 0) is 16.6 Å². The second kappa shape index (κ2) is 8.33. The van der Waals surface area contributed by atoms with Crippen molar-refractivity contribution in [2.24, 2.45) is 0 Å². The molecule has 0 aliphatic carbocycles. The van der Waals surface area contributed by atoms with Crippen molar-refractivity contribution in [2.75, 3.05) is 14.2 Å². The van der Waals surface area contributed by atoms with Crippen LogP contribution in [0.1, 0.15) is 29.8 Å². The molecule has 0 atom stereocenters. The van der Waals surface area contributed by atoms with Gasteiger partial charge in [0.15, 0.2) is 0 Å². The van der Waals surface area contributed by atoms with E-state index in [2.05, 4.69) is 5.32 Å². The first kappa shape index (κ1) is 19.9. The van der Waals surface area contributed by atoms with E-state index in [0.29, 0.717) is 16.9 Å². The average molecular weight is 376 g/mol. The van der Waals surface area contributed by atoms with Crippen LogP contribution in [0.5, 0.6) is 5.75 Å². The van der Waals surface area contributed by atoms with E-state index in [0.717, 1.165) is 0 Å². The molecule has 1 amide bonds. The summed E-state index contributed by atoms with van der Waals surface area (Å²) in [7, 11) is -0.622. The number of amides is 1. The summed E-state index contributed by atoms with van der Waals surface area (Å²) in [6, 6.07) is 13.2. The Bertz CT molecular complexity index is 864. The van der Waals surface area contributed by atoms with Gasteiger partial charge >= 0.3 is 0 Å². The van der Waals surface area contributed by atoms with Crippen LogP contribution in [0.25, 0.3) is 0 Å². The predicted molar refractivity (Wildman–Crippen MR) is 101 cm³/mol. The molecule has 0 fully saturated rings. The topological polar surface area (TPSA) is 75.7 Å². The Balaban J connectivity index is 2.31. The number of methoxy groups -OCH3 is 1. The highest BCUT2D eigenvalue weighted by Gasteiger charge is 2.22. The fourth-order valence-corrected chi connectivity index (χ4v) is 3.66. The summed E-state index contributed by atoms with van der Waals surface area (Å²) in [4.78, 5) is 12.4. The molecule has 0 heterocycles. The molecule has 2 rings (SSSR count). The first-order valence-electron chi connectivity index (χ1n) is 8.25. The van der Waals surface area contributed by atoms with Crippen LogP contribution in [0.3, 0.4) is 0 Å². The molecule has 7 heteroatoms. The Morgan fingerprint density at radius 3 is 2.38 bits per heavy atom. The smallest absolute Gasteiger partial charge is 0.251 e. The fraction of sp³-hybridized carbons (Fsp3) is 0.316. The van der Waals surface area contributed by atoms with Gasteiger partial charge in [-0.2, -0.15) is 4.31 Å². The van der Waals surface area contributed by atoms with E-state index >= 15 is 0 Å². The third-order valence-corrected chi connectivity index (χ3v) is 5.62. The lowest BCUT2D eigenvalue weighted by Crippen LogP contribution is -2.30. The molecular formula is C19H24N2O4S. The number of ether oxygens (including phenoxy) is 1. The monoisotopic (exact) mass is 376 g/mol. The fourth-order valence-electron chi connectivity index (χ4n) is 2.49. The van der Waals surface area contributed by atoms with Gasteiger partial charge in [0.25, 0.3) is 5.91 Å². The summed E-state index contributed by atoms with van der Waals surface area (Å²) in [5.41, 5.74) is 1.07. The van der Waals surface area contributed by atoms with Crippen LogP contribution >= 0.6 is 0 Å². The second-order valence-electron chi connectivity index (χ2n) is 6.23. The van der Waals surface area contributed by atoms with Crippen LogP contribution in [0.15, 0.2) is 53.4 Å². The minimum absolute atomic E-state index is 0.00850. The number of carbonyl (C=O) groups excluding carboxylic acids is 1. The first-order chi connectivity index (χ1) is 12.3. The van der Waals surface area contributed by atoms with Crippen molar-refractivity contribution < 1.29 is 17.9 Å². The zero-order chi connectivity index (χ0) is 19.3. The van der Waals surface area contributed by atoms with Crippen molar-refractivity contribution in [1.29, 1.82) is 0 Å². The lowest BCUT2D eigenvalue weighted by atomic mass is 10.1. The van der Waals surface area contributed by atoms with Crippen LogP contribution in [0, 0.1) is 0 Å². The first-order valence-corrected chi connectivity index (χ1v) is 9.69. The SMILES string of the molecule is COc1ccc(C(=O)NC(C)C)cc1CN(C)S(=O)(=O)c1ccccc1. The lowest BCUT2D eigenvalue weighted by molar-refractivity contribution is 0.0943. The molecule has 26 heavy (non-hydrogen) atoms. The number of carbonyl (C=O) groups is 1. The normalized spacial score (nSPS) is 11.6. The molecule has 0 bridgehead atoms. The molecule has 0 aromatic heterocycles. The third-order valence-electron chi connectivity index (χ3n) is 3.81. The van der Waals surface area contributed by atoms with Crippen molar-refractivity contribution in [1.82, 2.24) is 9.62 Å². The molecule has 0 radical (unpaired) electrons. The van der Waals surface area contributed by atoms with Gasteiger partial charge in [-0.05, 0) is 44.2 Å². The minimum Gasteiger partial charge on any atom is -0.496 e. The number of nitrogens with one attached hydrogen (secondary N) is 1. The molecule has 1 N–H and O–H groups in total. The Morgan fingerprint density at radius 2 is 1.81 bits per heavy atom.